The third kappa shape index (κ3) is 22.8. The molecule has 0 radical (unpaired) electrons. The molecule has 15 N–H and O–H groups in total. The van der Waals surface area contributed by atoms with Crippen molar-refractivity contribution in [1.29, 1.82) is 0 Å². The van der Waals surface area contributed by atoms with Crippen molar-refractivity contribution in [3.63, 3.8) is 0 Å². The summed E-state index contributed by atoms with van der Waals surface area (Å²) in [5.41, 5.74) is 12.7. The zero-order valence-electron chi connectivity index (χ0n) is 44.9. The maximum atomic E-state index is 13.3. The number of rotatable bonds is 10. The quantitative estimate of drug-likeness (QED) is 0.0909. The molecular weight excluding hydrogens is 1010 g/mol. The summed E-state index contributed by atoms with van der Waals surface area (Å²) < 4.78 is 23.8. The maximum absolute atomic E-state index is 13.3. The number of carboxylic acid groups (broad SMARTS) is 1. The molecule has 3 aliphatic rings. The van der Waals surface area contributed by atoms with Gasteiger partial charge in [0.05, 0.1) is 79.6 Å². The molecule has 0 amide bonds. The smallest absolute Gasteiger partial charge is 0.311 e. The van der Waals surface area contributed by atoms with E-state index in [2.05, 4.69) is 0 Å². The average Bonchev–Trinajstić information content (AvgIpc) is 3.37. The topological polar surface area (TPSA) is 363 Å². The van der Waals surface area contributed by atoms with Gasteiger partial charge in [-0.25, -0.2) is 0 Å². The number of nitrogens with two attached hydrogens (primary N) is 2. The number of benzene rings is 1. The standard InChI is InChI=1S/C58H86N2O18/c1-35-17-14-12-10-8-6-4-5-7-9-11-13-15-20-46(76-57-54(71)52(60)53(70)37(3)75-57)32-49-51(56(72)73)48(68)34-58(74,78-49)33-45(66)29-43(64)27-40(61)18-16-19-41(62)28-44(65)31-50(69)77-55(35)36(2)21-26-42(63)30-47(67)38-22-24-39(59)25-23-38/h4-15,17,20,22-25,35-37,40-46,48-49,51-55,57,61-66,68,70-71,74H,16,18-19,21,26-34,59-60H2,1-3H3,(H,72,73). The molecule has 19 unspecified atom stereocenters. The minimum atomic E-state index is -2.29. The van der Waals surface area contributed by atoms with Gasteiger partial charge >= 0.3 is 11.9 Å². The van der Waals surface area contributed by atoms with Crippen LogP contribution in [0.25, 0.3) is 0 Å². The second-order valence-electron chi connectivity index (χ2n) is 21.2. The first kappa shape index (κ1) is 65.8. The number of nitrogen functional groups attached to an aromatic ring is 1. The van der Waals surface area contributed by atoms with Gasteiger partial charge in [0.25, 0.3) is 0 Å². The van der Waals surface area contributed by atoms with Crippen molar-refractivity contribution >= 4 is 23.4 Å². The second kappa shape index (κ2) is 33.1. The third-order valence-electron chi connectivity index (χ3n) is 14.3. The summed E-state index contributed by atoms with van der Waals surface area (Å²) in [4.78, 5) is 38.6. The molecule has 1 aromatic carbocycles. The molecule has 19 atom stereocenters. The normalized spacial score (nSPS) is 35.8. The highest BCUT2D eigenvalue weighted by Gasteiger charge is 2.51. The number of fused-ring (bicyclic) bond motifs is 2. The lowest BCUT2D eigenvalue weighted by atomic mass is 9.82. The minimum Gasteiger partial charge on any atom is -0.481 e. The Labute approximate surface area is 457 Å². The molecule has 3 aliphatic heterocycles. The van der Waals surface area contributed by atoms with Crippen LogP contribution in [-0.2, 0) is 28.5 Å². The van der Waals surface area contributed by atoms with E-state index in [1.165, 1.54) is 13.0 Å². The van der Waals surface area contributed by atoms with E-state index in [-0.39, 0.29) is 75.4 Å². The van der Waals surface area contributed by atoms with Crippen molar-refractivity contribution in [1.82, 2.24) is 0 Å². The zero-order chi connectivity index (χ0) is 57.5. The number of carbonyl (C=O) groups excluding carboxylic acids is 2. The van der Waals surface area contributed by atoms with Crippen LogP contribution < -0.4 is 11.5 Å². The van der Waals surface area contributed by atoms with E-state index in [1.807, 2.05) is 19.9 Å². The number of esters is 1. The van der Waals surface area contributed by atoms with Crippen LogP contribution >= 0.6 is 0 Å². The van der Waals surface area contributed by atoms with Crippen molar-refractivity contribution in [2.45, 2.75) is 202 Å². The molecule has 20 nitrogen and oxygen atoms in total. The van der Waals surface area contributed by atoms with E-state index in [0.29, 0.717) is 17.7 Å². The number of ether oxygens (including phenoxy) is 4. The Balaban J connectivity index is 1.52. The van der Waals surface area contributed by atoms with E-state index in [9.17, 15) is 70.6 Å². The second-order valence-corrected chi connectivity index (χ2v) is 21.2. The number of aliphatic carboxylic acids is 1. The maximum Gasteiger partial charge on any atom is 0.311 e. The Morgan fingerprint density at radius 3 is 1.87 bits per heavy atom. The van der Waals surface area contributed by atoms with Crippen LogP contribution in [0.2, 0.25) is 0 Å². The molecule has 0 saturated carbocycles. The van der Waals surface area contributed by atoms with Crippen LogP contribution in [0.3, 0.4) is 0 Å². The summed E-state index contributed by atoms with van der Waals surface area (Å²) in [5, 5.41) is 119. The van der Waals surface area contributed by atoms with Crippen molar-refractivity contribution in [2.75, 3.05) is 5.73 Å². The van der Waals surface area contributed by atoms with Gasteiger partial charge in [0.15, 0.2) is 17.9 Å². The molecular formula is C58H86N2O18. The zero-order valence-corrected chi connectivity index (χ0v) is 44.9. The molecule has 1 aromatic rings. The van der Waals surface area contributed by atoms with Crippen LogP contribution in [0, 0.1) is 17.8 Å². The van der Waals surface area contributed by atoms with Crippen LogP contribution in [0.1, 0.15) is 115 Å². The number of allylic oxidation sites excluding steroid dienone is 12. The number of cyclic esters (lactones) is 1. The van der Waals surface area contributed by atoms with Crippen molar-refractivity contribution in [3.05, 3.63) is 115 Å². The van der Waals surface area contributed by atoms with E-state index in [1.54, 1.807) is 97.2 Å². The minimum absolute atomic E-state index is 0.101. The average molecular weight is 1100 g/mol. The monoisotopic (exact) mass is 1100 g/mol. The van der Waals surface area contributed by atoms with Crippen LogP contribution in [0.5, 0.6) is 0 Å². The van der Waals surface area contributed by atoms with Gasteiger partial charge in [-0.15, -0.1) is 0 Å². The van der Waals surface area contributed by atoms with E-state index < -0.39 is 135 Å². The van der Waals surface area contributed by atoms with Gasteiger partial charge in [0, 0.05) is 42.9 Å². The Hall–Kier alpha value is -4.75. The fourth-order valence-corrected chi connectivity index (χ4v) is 9.95. The van der Waals surface area contributed by atoms with E-state index in [4.69, 9.17) is 30.4 Å². The SMILES string of the molecule is CC1C=CC=CC=CC=CC=CC=CC=CC(OC2OC(C)C(O)C(N)C2O)CC2OC(O)(CC(O)CC(O)CC(O)CCCC(O)CC(O)CC(=O)OC1C(C)CCC(O)CC(=O)c1ccc(N)cc1)CC(O)C2C(=O)O. The highest BCUT2D eigenvalue weighted by atomic mass is 16.7. The summed E-state index contributed by atoms with van der Waals surface area (Å²) in [6, 6.07) is 5.30. The van der Waals surface area contributed by atoms with Gasteiger partial charge in [-0.2, -0.15) is 0 Å². The van der Waals surface area contributed by atoms with Crippen LogP contribution in [0.4, 0.5) is 5.69 Å². The number of hydrogen-bond acceptors (Lipinski definition) is 19. The Morgan fingerprint density at radius 2 is 1.28 bits per heavy atom. The number of Topliss-reactive ketones (excluding diaryl/α,β-unsaturated/α-hetero) is 1. The Morgan fingerprint density at radius 1 is 0.731 bits per heavy atom. The van der Waals surface area contributed by atoms with Gasteiger partial charge in [-0.05, 0) is 88.5 Å². The summed E-state index contributed by atoms with van der Waals surface area (Å²) in [7, 11) is 0. The lowest BCUT2D eigenvalue weighted by molar-refractivity contribution is -0.308. The lowest BCUT2D eigenvalue weighted by Gasteiger charge is -2.45. The highest BCUT2D eigenvalue weighted by molar-refractivity contribution is 5.96. The fourth-order valence-electron chi connectivity index (χ4n) is 9.95. The summed E-state index contributed by atoms with van der Waals surface area (Å²) in [5.74, 6) is -6.83. The van der Waals surface area contributed by atoms with Gasteiger partial charge < -0.3 is 86.6 Å². The van der Waals surface area contributed by atoms with E-state index in [0.717, 1.165) is 0 Å². The highest BCUT2D eigenvalue weighted by Crippen LogP contribution is 2.38. The summed E-state index contributed by atoms with van der Waals surface area (Å²) in [6.07, 6.45) is 5.92. The van der Waals surface area contributed by atoms with Gasteiger partial charge in [0.2, 0.25) is 0 Å². The first-order chi connectivity index (χ1) is 36.9. The molecule has 78 heavy (non-hydrogen) atoms. The lowest BCUT2D eigenvalue weighted by Crippen LogP contribution is -2.61. The van der Waals surface area contributed by atoms with Gasteiger partial charge in [-0.3, -0.25) is 14.4 Å². The largest absolute Gasteiger partial charge is 0.481 e. The number of hydrogen-bond donors (Lipinski definition) is 13. The molecule has 4 rings (SSSR count). The summed E-state index contributed by atoms with van der Waals surface area (Å²) >= 11 is 0. The van der Waals surface area contributed by atoms with Crippen molar-refractivity contribution < 1.29 is 89.5 Å². The number of carboxylic acids is 1. The van der Waals surface area contributed by atoms with Gasteiger partial charge in [-0.1, -0.05) is 98.9 Å². The first-order valence-corrected chi connectivity index (χ1v) is 27.0. The number of carbonyl (C=O) groups is 3. The Kier molecular flexibility index (Phi) is 27.9. The van der Waals surface area contributed by atoms with E-state index >= 15 is 0 Å². The first-order valence-electron chi connectivity index (χ1n) is 27.0. The molecule has 0 aliphatic carbocycles. The molecule has 2 bridgehead atoms. The number of anilines is 1. The number of aliphatic hydroxyl groups is 10. The third-order valence-corrected chi connectivity index (χ3v) is 14.3. The molecule has 436 valence electrons. The molecule has 0 aromatic heterocycles. The van der Waals surface area contributed by atoms with Crippen molar-refractivity contribution in [3.8, 4) is 0 Å². The number of aliphatic hydroxyl groups excluding tert-OH is 9. The van der Waals surface area contributed by atoms with Crippen molar-refractivity contribution in [2.24, 2.45) is 23.5 Å². The molecule has 2 fully saturated rings. The predicted octanol–water partition coefficient (Wildman–Crippen LogP) is 3.11. The van der Waals surface area contributed by atoms with Gasteiger partial charge in [0.1, 0.15) is 18.1 Å². The molecule has 3 heterocycles. The number of ketones is 1. The molecule has 20 heteroatoms. The molecule has 2 saturated heterocycles. The predicted molar refractivity (Wildman–Crippen MR) is 290 cm³/mol. The fraction of sp³-hybridized carbons (Fsp3) is 0.603. The van der Waals surface area contributed by atoms with Crippen LogP contribution in [-0.4, -0.2) is 171 Å². The Bertz CT molecular complexity index is 2200. The summed E-state index contributed by atoms with van der Waals surface area (Å²) in [6.45, 7) is 5.29. The molecule has 0 spiro atoms. The van der Waals surface area contributed by atoms with Crippen LogP contribution in [0.15, 0.2) is 109 Å².